The number of rotatable bonds is 4. The number of nitro groups is 1. The number of nitrogens with zero attached hydrogens (tertiary/aromatic N) is 1. The van der Waals surface area contributed by atoms with Gasteiger partial charge in [-0.1, -0.05) is 31.9 Å². The predicted octanol–water partition coefficient (Wildman–Crippen LogP) is 4.84. The van der Waals surface area contributed by atoms with E-state index < -0.39 is 10.7 Å². The second kappa shape index (κ2) is 6.32. The van der Waals surface area contributed by atoms with Crippen molar-refractivity contribution in [1.82, 2.24) is 0 Å². The molecule has 0 aliphatic rings. The van der Waals surface area contributed by atoms with Crippen LogP contribution in [-0.4, -0.2) is 4.92 Å². The summed E-state index contributed by atoms with van der Waals surface area (Å²) in [6.07, 6.45) is 0. The summed E-state index contributed by atoms with van der Waals surface area (Å²) in [7, 11) is 0. The van der Waals surface area contributed by atoms with Crippen LogP contribution in [0.1, 0.15) is 5.56 Å². The van der Waals surface area contributed by atoms with Crippen molar-refractivity contribution >= 4 is 37.5 Å². The maximum absolute atomic E-state index is 13.5. The minimum Gasteiger partial charge on any atom is -0.486 e. The molecule has 20 heavy (non-hydrogen) atoms. The average Bonchev–Trinajstić information content (AvgIpc) is 2.40. The highest BCUT2D eigenvalue weighted by atomic mass is 79.9. The number of nitro benzene ring substituents is 1. The Kier molecular flexibility index (Phi) is 4.72. The zero-order chi connectivity index (χ0) is 14.7. The van der Waals surface area contributed by atoms with Crippen LogP contribution in [0.4, 0.5) is 10.1 Å². The fourth-order valence-electron chi connectivity index (χ4n) is 1.51. The van der Waals surface area contributed by atoms with Gasteiger partial charge < -0.3 is 4.74 Å². The van der Waals surface area contributed by atoms with Crippen molar-refractivity contribution in [2.24, 2.45) is 0 Å². The molecule has 2 aromatic carbocycles. The summed E-state index contributed by atoms with van der Waals surface area (Å²) < 4.78 is 20.1. The average molecular weight is 405 g/mol. The monoisotopic (exact) mass is 403 g/mol. The van der Waals surface area contributed by atoms with Crippen LogP contribution < -0.4 is 4.74 Å². The number of hydrogen-bond donors (Lipinski definition) is 0. The van der Waals surface area contributed by atoms with Gasteiger partial charge in [0.15, 0.2) is 11.6 Å². The molecular formula is C13H8Br2FNO3. The van der Waals surface area contributed by atoms with Crippen molar-refractivity contribution < 1.29 is 14.1 Å². The van der Waals surface area contributed by atoms with Crippen LogP contribution in [0.3, 0.4) is 0 Å². The molecule has 104 valence electrons. The normalized spacial score (nSPS) is 10.3. The van der Waals surface area contributed by atoms with Crippen LogP contribution in [0.2, 0.25) is 0 Å². The second-order valence-electron chi connectivity index (χ2n) is 3.90. The van der Waals surface area contributed by atoms with Gasteiger partial charge in [-0.05, 0) is 24.3 Å². The van der Waals surface area contributed by atoms with Gasteiger partial charge in [0.25, 0.3) is 5.69 Å². The van der Waals surface area contributed by atoms with E-state index in [9.17, 15) is 14.5 Å². The molecule has 0 fully saturated rings. The molecule has 0 saturated heterocycles. The number of non-ortho nitro benzene ring substituents is 1. The van der Waals surface area contributed by atoms with Crippen molar-refractivity contribution in [3.8, 4) is 5.75 Å². The lowest BCUT2D eigenvalue weighted by Crippen LogP contribution is -1.99. The smallest absolute Gasteiger partial charge is 0.270 e. The maximum atomic E-state index is 13.5. The van der Waals surface area contributed by atoms with Crippen molar-refractivity contribution in [2.45, 2.75) is 6.61 Å². The molecule has 0 aliphatic carbocycles. The van der Waals surface area contributed by atoms with Crippen LogP contribution >= 0.6 is 31.9 Å². The molecule has 0 spiro atoms. The molecule has 2 rings (SSSR count). The first kappa shape index (κ1) is 14.9. The highest BCUT2D eigenvalue weighted by Crippen LogP contribution is 2.26. The summed E-state index contributed by atoms with van der Waals surface area (Å²) in [4.78, 5) is 10.1. The van der Waals surface area contributed by atoms with Gasteiger partial charge in [-0.3, -0.25) is 10.1 Å². The Morgan fingerprint density at radius 1 is 1.20 bits per heavy atom. The molecule has 0 atom stereocenters. The van der Waals surface area contributed by atoms with Crippen LogP contribution in [0, 0.1) is 15.9 Å². The van der Waals surface area contributed by atoms with Crippen LogP contribution in [0.25, 0.3) is 0 Å². The summed E-state index contributed by atoms with van der Waals surface area (Å²) in [6, 6.07) is 8.72. The van der Waals surface area contributed by atoms with E-state index >= 15 is 0 Å². The highest BCUT2D eigenvalue weighted by molar-refractivity contribution is 9.10. The summed E-state index contributed by atoms with van der Waals surface area (Å²) in [6.45, 7) is 0.103. The molecule has 0 saturated carbocycles. The molecular weight excluding hydrogens is 397 g/mol. The standard InChI is InChI=1S/C13H8Br2FNO3/c14-9-2-4-12(16)13(5-9)20-7-8-1-3-10(17(18)19)6-11(8)15/h1-6H,7H2. The third-order valence-corrected chi connectivity index (χ3v) is 3.76. The molecule has 7 heteroatoms. The molecule has 0 radical (unpaired) electrons. The van der Waals surface area contributed by atoms with E-state index in [1.165, 1.54) is 24.3 Å². The number of hydrogen-bond acceptors (Lipinski definition) is 3. The first-order valence-electron chi connectivity index (χ1n) is 5.48. The maximum Gasteiger partial charge on any atom is 0.270 e. The fraction of sp³-hybridized carbons (Fsp3) is 0.0769. The van der Waals surface area contributed by atoms with E-state index in [-0.39, 0.29) is 18.0 Å². The SMILES string of the molecule is O=[N+]([O-])c1ccc(COc2cc(Br)ccc2F)c(Br)c1. The Hall–Kier alpha value is -1.47. The summed E-state index contributed by atoms with van der Waals surface area (Å²) >= 11 is 6.47. The van der Waals surface area contributed by atoms with E-state index in [0.29, 0.717) is 14.5 Å². The second-order valence-corrected chi connectivity index (χ2v) is 5.67. The number of halogens is 3. The largest absolute Gasteiger partial charge is 0.486 e. The fourth-order valence-corrected chi connectivity index (χ4v) is 2.33. The first-order chi connectivity index (χ1) is 9.47. The topological polar surface area (TPSA) is 52.4 Å². The third kappa shape index (κ3) is 3.55. The van der Waals surface area contributed by atoms with Crippen molar-refractivity contribution in [2.75, 3.05) is 0 Å². The van der Waals surface area contributed by atoms with Gasteiger partial charge in [-0.2, -0.15) is 0 Å². The Labute approximate surface area is 131 Å². The van der Waals surface area contributed by atoms with Crippen LogP contribution in [0.5, 0.6) is 5.75 Å². The Bertz CT molecular complexity index is 664. The van der Waals surface area contributed by atoms with E-state index in [2.05, 4.69) is 31.9 Å². The number of ether oxygens (including phenoxy) is 1. The van der Waals surface area contributed by atoms with Gasteiger partial charge in [-0.15, -0.1) is 0 Å². The van der Waals surface area contributed by atoms with Crippen molar-refractivity contribution in [1.29, 1.82) is 0 Å². The lowest BCUT2D eigenvalue weighted by atomic mass is 10.2. The Morgan fingerprint density at radius 2 is 1.95 bits per heavy atom. The minimum atomic E-state index is -0.483. The molecule has 0 N–H and O–H groups in total. The lowest BCUT2D eigenvalue weighted by molar-refractivity contribution is -0.384. The van der Waals surface area contributed by atoms with Gasteiger partial charge in [0.05, 0.1) is 4.92 Å². The zero-order valence-corrected chi connectivity index (χ0v) is 13.1. The van der Waals surface area contributed by atoms with E-state index in [0.717, 1.165) is 0 Å². The Morgan fingerprint density at radius 3 is 2.60 bits per heavy atom. The van der Waals surface area contributed by atoms with E-state index in [4.69, 9.17) is 4.74 Å². The van der Waals surface area contributed by atoms with Gasteiger partial charge in [-0.25, -0.2) is 4.39 Å². The van der Waals surface area contributed by atoms with Gasteiger partial charge in [0, 0.05) is 26.6 Å². The first-order valence-corrected chi connectivity index (χ1v) is 7.06. The Balaban J connectivity index is 2.15. The summed E-state index contributed by atoms with van der Waals surface area (Å²) in [5.74, 6) is -0.351. The molecule has 2 aromatic rings. The van der Waals surface area contributed by atoms with Crippen LogP contribution in [-0.2, 0) is 6.61 Å². The molecule has 0 aromatic heterocycles. The van der Waals surface area contributed by atoms with Gasteiger partial charge in [0.1, 0.15) is 6.61 Å². The van der Waals surface area contributed by atoms with Crippen molar-refractivity contribution in [3.63, 3.8) is 0 Å². The van der Waals surface area contributed by atoms with Crippen molar-refractivity contribution in [3.05, 3.63) is 66.8 Å². The third-order valence-electron chi connectivity index (χ3n) is 2.52. The van der Waals surface area contributed by atoms with Gasteiger partial charge in [0.2, 0.25) is 0 Å². The summed E-state index contributed by atoms with van der Waals surface area (Å²) in [5.41, 5.74) is 0.671. The predicted molar refractivity (Wildman–Crippen MR) is 79.2 cm³/mol. The molecule has 0 amide bonds. The van der Waals surface area contributed by atoms with Crippen LogP contribution in [0.15, 0.2) is 45.3 Å². The molecule has 0 bridgehead atoms. The highest BCUT2D eigenvalue weighted by Gasteiger charge is 2.10. The molecule has 0 heterocycles. The van der Waals surface area contributed by atoms with E-state index in [1.807, 2.05) is 0 Å². The molecule has 0 aliphatic heterocycles. The van der Waals surface area contributed by atoms with Gasteiger partial charge >= 0.3 is 0 Å². The molecule has 4 nitrogen and oxygen atoms in total. The number of benzene rings is 2. The molecule has 0 unspecified atom stereocenters. The lowest BCUT2D eigenvalue weighted by Gasteiger charge is -2.09. The summed E-state index contributed by atoms with van der Waals surface area (Å²) in [5, 5.41) is 10.6. The minimum absolute atomic E-state index is 0.0192. The quantitative estimate of drug-likeness (QED) is 0.541. The van der Waals surface area contributed by atoms with E-state index in [1.54, 1.807) is 12.1 Å². The zero-order valence-electron chi connectivity index (χ0n) is 9.98.